The molecule has 0 radical (unpaired) electrons. The van der Waals surface area contributed by atoms with E-state index in [-0.39, 0.29) is 11.9 Å². The number of carbonyl (C=O) groups excluding carboxylic acids is 1. The molecule has 1 unspecified atom stereocenters. The van der Waals surface area contributed by atoms with E-state index < -0.39 is 0 Å². The second kappa shape index (κ2) is 9.63. The van der Waals surface area contributed by atoms with Gasteiger partial charge in [0.25, 0.3) is 0 Å². The number of thiazole rings is 1. The average molecular weight is 442 g/mol. The summed E-state index contributed by atoms with van der Waals surface area (Å²) in [6, 6.07) is 29.0. The summed E-state index contributed by atoms with van der Waals surface area (Å²) in [6.07, 6.45) is 2.16. The van der Waals surface area contributed by atoms with E-state index in [4.69, 9.17) is 4.98 Å². The average Bonchev–Trinajstić information content (AvgIpc) is 3.46. The molecule has 1 aliphatic heterocycles. The SMILES string of the molecule is O=C(CN1CCCC1c1nc2ccccc2s1)N(Cc1ccccc1)Cc1ccccc1. The minimum absolute atomic E-state index is 0.172. The minimum atomic E-state index is 0.172. The summed E-state index contributed by atoms with van der Waals surface area (Å²) in [4.78, 5) is 22.7. The van der Waals surface area contributed by atoms with Crippen LogP contribution in [0.25, 0.3) is 10.2 Å². The summed E-state index contributed by atoms with van der Waals surface area (Å²) < 4.78 is 1.22. The normalized spacial score (nSPS) is 16.4. The Balaban J connectivity index is 1.34. The van der Waals surface area contributed by atoms with E-state index in [9.17, 15) is 4.79 Å². The molecule has 3 aromatic carbocycles. The quantitative estimate of drug-likeness (QED) is 0.371. The number of benzene rings is 3. The number of likely N-dealkylation sites (tertiary alicyclic amines) is 1. The number of nitrogens with zero attached hydrogens (tertiary/aromatic N) is 3. The number of carbonyl (C=O) groups is 1. The van der Waals surface area contributed by atoms with Gasteiger partial charge in [-0.25, -0.2) is 4.98 Å². The van der Waals surface area contributed by atoms with Gasteiger partial charge in [-0.1, -0.05) is 72.8 Å². The van der Waals surface area contributed by atoms with E-state index in [0.29, 0.717) is 19.6 Å². The lowest BCUT2D eigenvalue weighted by Crippen LogP contribution is -2.39. The zero-order valence-corrected chi connectivity index (χ0v) is 18.9. The summed E-state index contributed by atoms with van der Waals surface area (Å²) in [5, 5.41) is 1.13. The maximum absolute atomic E-state index is 13.5. The third kappa shape index (κ3) is 4.74. The Morgan fingerprint density at radius 3 is 2.19 bits per heavy atom. The van der Waals surface area contributed by atoms with E-state index >= 15 is 0 Å². The van der Waals surface area contributed by atoms with Gasteiger partial charge in [0.1, 0.15) is 5.01 Å². The van der Waals surface area contributed by atoms with Gasteiger partial charge in [-0.15, -0.1) is 11.3 Å². The van der Waals surface area contributed by atoms with Crippen molar-refractivity contribution in [1.29, 1.82) is 0 Å². The molecule has 0 aliphatic carbocycles. The predicted octanol–water partition coefficient (Wildman–Crippen LogP) is 5.66. The smallest absolute Gasteiger partial charge is 0.237 e. The van der Waals surface area contributed by atoms with Crippen LogP contribution in [0.15, 0.2) is 84.9 Å². The van der Waals surface area contributed by atoms with Gasteiger partial charge in [0.05, 0.1) is 22.8 Å². The van der Waals surface area contributed by atoms with E-state index in [1.54, 1.807) is 11.3 Å². The van der Waals surface area contributed by atoms with Crippen LogP contribution in [0, 0.1) is 0 Å². The van der Waals surface area contributed by atoms with Crippen molar-refractivity contribution in [2.45, 2.75) is 32.0 Å². The predicted molar refractivity (Wildman–Crippen MR) is 130 cm³/mol. The number of para-hydroxylation sites is 1. The molecule has 4 nitrogen and oxygen atoms in total. The topological polar surface area (TPSA) is 36.4 Å². The van der Waals surface area contributed by atoms with Crippen LogP contribution in [0.2, 0.25) is 0 Å². The molecule has 1 aliphatic rings. The van der Waals surface area contributed by atoms with Crippen molar-refractivity contribution in [3.63, 3.8) is 0 Å². The van der Waals surface area contributed by atoms with Crippen LogP contribution in [-0.2, 0) is 17.9 Å². The fourth-order valence-corrected chi connectivity index (χ4v) is 5.58. The zero-order valence-electron chi connectivity index (χ0n) is 18.1. The first kappa shape index (κ1) is 20.9. The van der Waals surface area contributed by atoms with Crippen molar-refractivity contribution in [3.8, 4) is 0 Å². The first-order valence-electron chi connectivity index (χ1n) is 11.2. The third-order valence-corrected chi connectivity index (χ3v) is 7.22. The summed E-state index contributed by atoms with van der Waals surface area (Å²) in [5.74, 6) is 0.172. The van der Waals surface area contributed by atoms with Gasteiger partial charge in [0.15, 0.2) is 0 Å². The van der Waals surface area contributed by atoms with Gasteiger partial charge < -0.3 is 4.90 Å². The lowest BCUT2D eigenvalue weighted by Gasteiger charge is -2.28. The van der Waals surface area contributed by atoms with Crippen molar-refractivity contribution in [2.24, 2.45) is 0 Å². The maximum atomic E-state index is 13.5. The molecule has 0 N–H and O–H groups in total. The molecule has 1 amide bonds. The summed E-state index contributed by atoms with van der Waals surface area (Å²) in [5.41, 5.74) is 3.36. The second-order valence-electron chi connectivity index (χ2n) is 8.37. The van der Waals surface area contributed by atoms with Gasteiger partial charge in [-0.05, 0) is 42.6 Å². The molecule has 1 atom stereocenters. The monoisotopic (exact) mass is 441 g/mol. The lowest BCUT2D eigenvalue weighted by molar-refractivity contribution is -0.134. The second-order valence-corrected chi connectivity index (χ2v) is 9.43. The number of aromatic nitrogens is 1. The number of hydrogen-bond donors (Lipinski definition) is 0. The third-order valence-electron chi connectivity index (χ3n) is 6.08. The Labute approximate surface area is 193 Å². The van der Waals surface area contributed by atoms with Crippen molar-refractivity contribution in [1.82, 2.24) is 14.8 Å². The van der Waals surface area contributed by atoms with Crippen LogP contribution < -0.4 is 0 Å². The van der Waals surface area contributed by atoms with Gasteiger partial charge in [-0.2, -0.15) is 0 Å². The van der Waals surface area contributed by atoms with Crippen molar-refractivity contribution >= 4 is 27.5 Å². The van der Waals surface area contributed by atoms with Gasteiger partial charge >= 0.3 is 0 Å². The highest BCUT2D eigenvalue weighted by atomic mass is 32.1. The molecule has 0 saturated carbocycles. The fourth-order valence-electron chi connectivity index (χ4n) is 4.44. The Kier molecular flexibility index (Phi) is 6.28. The molecule has 0 spiro atoms. The maximum Gasteiger partial charge on any atom is 0.237 e. The molecule has 1 fully saturated rings. The first-order valence-corrected chi connectivity index (χ1v) is 12.0. The van der Waals surface area contributed by atoms with Crippen LogP contribution in [-0.4, -0.2) is 33.8 Å². The van der Waals surface area contributed by atoms with Crippen LogP contribution in [0.5, 0.6) is 0 Å². The number of rotatable bonds is 7. The highest BCUT2D eigenvalue weighted by Crippen LogP contribution is 2.36. The van der Waals surface area contributed by atoms with Crippen LogP contribution in [0.4, 0.5) is 0 Å². The van der Waals surface area contributed by atoms with E-state index in [2.05, 4.69) is 47.4 Å². The van der Waals surface area contributed by atoms with Crippen molar-refractivity contribution < 1.29 is 4.79 Å². The van der Waals surface area contributed by atoms with Gasteiger partial charge in [0, 0.05) is 13.1 Å². The van der Waals surface area contributed by atoms with Gasteiger partial charge in [0.2, 0.25) is 5.91 Å². The molecule has 2 heterocycles. The lowest BCUT2D eigenvalue weighted by atomic mass is 10.1. The highest BCUT2D eigenvalue weighted by molar-refractivity contribution is 7.18. The Morgan fingerprint density at radius 1 is 0.906 bits per heavy atom. The van der Waals surface area contributed by atoms with E-state index in [1.165, 1.54) is 4.70 Å². The largest absolute Gasteiger partial charge is 0.333 e. The summed E-state index contributed by atoms with van der Waals surface area (Å²) >= 11 is 1.76. The molecular weight excluding hydrogens is 414 g/mol. The van der Waals surface area contributed by atoms with Gasteiger partial charge in [-0.3, -0.25) is 9.69 Å². The summed E-state index contributed by atoms with van der Waals surface area (Å²) in [7, 11) is 0. The van der Waals surface area contributed by atoms with Crippen LogP contribution in [0.1, 0.15) is 35.0 Å². The molecule has 162 valence electrons. The minimum Gasteiger partial charge on any atom is -0.333 e. The Bertz CT molecular complexity index is 1100. The number of amides is 1. The van der Waals surface area contributed by atoms with Crippen LogP contribution >= 0.6 is 11.3 Å². The Hall–Kier alpha value is -3.02. The van der Waals surface area contributed by atoms with Crippen molar-refractivity contribution in [2.75, 3.05) is 13.1 Å². The molecule has 5 heteroatoms. The van der Waals surface area contributed by atoms with E-state index in [0.717, 1.165) is 41.0 Å². The molecular formula is C27H27N3OS. The molecule has 32 heavy (non-hydrogen) atoms. The number of fused-ring (bicyclic) bond motifs is 1. The molecule has 4 aromatic rings. The first-order chi connectivity index (χ1) is 15.8. The fraction of sp³-hybridized carbons (Fsp3) is 0.259. The number of hydrogen-bond acceptors (Lipinski definition) is 4. The van der Waals surface area contributed by atoms with Crippen molar-refractivity contribution in [3.05, 3.63) is 101 Å². The molecule has 5 rings (SSSR count). The molecule has 1 saturated heterocycles. The standard InChI is InChI=1S/C27H27N3OS/c31-26(30(18-21-10-3-1-4-11-21)19-22-12-5-2-6-13-22)20-29-17-9-15-24(29)27-28-23-14-7-8-16-25(23)32-27/h1-8,10-14,16,24H,9,15,17-20H2. The molecule has 0 bridgehead atoms. The molecule has 1 aromatic heterocycles. The van der Waals surface area contributed by atoms with E-state index in [1.807, 2.05) is 47.4 Å². The zero-order chi connectivity index (χ0) is 21.8. The van der Waals surface area contributed by atoms with Crippen LogP contribution in [0.3, 0.4) is 0 Å². The highest BCUT2D eigenvalue weighted by Gasteiger charge is 2.31. The summed E-state index contributed by atoms with van der Waals surface area (Å²) in [6.45, 7) is 2.61. The Morgan fingerprint density at radius 2 is 1.53 bits per heavy atom.